The van der Waals surface area contributed by atoms with Gasteiger partial charge in [0.2, 0.25) is 5.91 Å². The molecule has 0 heterocycles. The van der Waals surface area contributed by atoms with E-state index in [0.717, 1.165) is 0 Å². The zero-order valence-electron chi connectivity index (χ0n) is 10.9. The summed E-state index contributed by atoms with van der Waals surface area (Å²) in [5.41, 5.74) is -0.692. The maximum Gasteiger partial charge on any atom is 0.321 e. The minimum absolute atomic E-state index is 0.0308. The molecule has 7 nitrogen and oxygen atoms in total. The number of nitrogens with one attached hydrogen (secondary N) is 2. The molecule has 0 rings (SSSR count). The highest BCUT2D eigenvalue weighted by Crippen LogP contribution is 2.24. The number of hydrogen-bond acceptors (Lipinski definition) is 4. The maximum atomic E-state index is 11.5. The summed E-state index contributed by atoms with van der Waals surface area (Å²) in [4.78, 5) is 33.3. The molecule has 0 unspecified atom stereocenters. The van der Waals surface area contributed by atoms with Crippen LogP contribution < -0.4 is 10.6 Å². The number of amides is 3. The molecule has 0 spiro atoms. The molecule has 0 saturated heterocycles. The molecule has 0 aromatic heterocycles. The van der Waals surface area contributed by atoms with E-state index in [1.807, 2.05) is 0 Å². The number of imide groups is 1. The van der Waals surface area contributed by atoms with Gasteiger partial charge in [-0.1, -0.05) is 13.8 Å². The van der Waals surface area contributed by atoms with Crippen molar-refractivity contribution in [3.63, 3.8) is 0 Å². The van der Waals surface area contributed by atoms with E-state index in [9.17, 15) is 14.4 Å². The third kappa shape index (κ3) is 8.51. The van der Waals surface area contributed by atoms with E-state index >= 15 is 0 Å². The molecule has 0 aromatic rings. The normalized spacial score (nSPS) is 10.8. The Morgan fingerprint density at radius 3 is 2.33 bits per heavy atom. The standard InChI is InChI=1S/C11H20N2O5/c1-11(2,7-9(15)16)6-8(14)13-10(17)12-4-5-18-3/h4-7H2,1-3H3,(H,15,16)(H2,12,13,14,17). The fraction of sp³-hybridized carbons (Fsp3) is 0.727. The Balaban J connectivity index is 4.02. The predicted octanol–water partition coefficient (Wildman–Crippen LogP) is 0.350. The highest BCUT2D eigenvalue weighted by atomic mass is 16.5. The van der Waals surface area contributed by atoms with Crippen LogP contribution in [0.5, 0.6) is 0 Å². The molecule has 0 atom stereocenters. The first-order chi connectivity index (χ1) is 8.26. The van der Waals surface area contributed by atoms with Crippen molar-refractivity contribution >= 4 is 17.9 Å². The minimum Gasteiger partial charge on any atom is -0.481 e. The SMILES string of the molecule is COCCNC(=O)NC(=O)CC(C)(C)CC(=O)O. The molecular weight excluding hydrogens is 240 g/mol. The number of urea groups is 1. The minimum atomic E-state index is -0.975. The number of aliphatic carboxylic acids is 1. The first-order valence-corrected chi connectivity index (χ1v) is 5.55. The zero-order chi connectivity index (χ0) is 14.2. The van der Waals surface area contributed by atoms with Gasteiger partial charge in [0.25, 0.3) is 0 Å². The van der Waals surface area contributed by atoms with Crippen molar-refractivity contribution in [2.24, 2.45) is 5.41 Å². The summed E-state index contributed by atoms with van der Waals surface area (Å²) in [5, 5.41) is 13.2. The smallest absolute Gasteiger partial charge is 0.321 e. The molecule has 0 aliphatic heterocycles. The monoisotopic (exact) mass is 260 g/mol. The summed E-state index contributed by atoms with van der Waals surface area (Å²) >= 11 is 0. The van der Waals surface area contributed by atoms with Gasteiger partial charge in [-0.2, -0.15) is 0 Å². The zero-order valence-corrected chi connectivity index (χ0v) is 10.9. The van der Waals surface area contributed by atoms with Crippen molar-refractivity contribution in [1.29, 1.82) is 0 Å². The van der Waals surface area contributed by atoms with Gasteiger partial charge in [-0.25, -0.2) is 4.79 Å². The second-order valence-corrected chi connectivity index (χ2v) is 4.71. The van der Waals surface area contributed by atoms with Crippen LogP contribution >= 0.6 is 0 Å². The van der Waals surface area contributed by atoms with Crippen LogP contribution in [0.3, 0.4) is 0 Å². The van der Waals surface area contributed by atoms with Gasteiger partial charge in [0, 0.05) is 20.1 Å². The van der Waals surface area contributed by atoms with Gasteiger partial charge in [-0.3, -0.25) is 14.9 Å². The van der Waals surface area contributed by atoms with E-state index < -0.39 is 23.3 Å². The predicted molar refractivity (Wildman–Crippen MR) is 64.1 cm³/mol. The lowest BCUT2D eigenvalue weighted by Crippen LogP contribution is -2.42. The van der Waals surface area contributed by atoms with Crippen molar-refractivity contribution in [2.45, 2.75) is 26.7 Å². The molecule has 0 fully saturated rings. The molecule has 7 heteroatoms. The Morgan fingerprint density at radius 2 is 1.83 bits per heavy atom. The molecular formula is C11H20N2O5. The molecule has 0 aromatic carbocycles. The van der Waals surface area contributed by atoms with E-state index in [2.05, 4.69) is 10.6 Å². The third-order valence-corrected chi connectivity index (χ3v) is 2.11. The summed E-state index contributed by atoms with van der Waals surface area (Å²) < 4.78 is 4.73. The second kappa shape index (κ2) is 7.65. The van der Waals surface area contributed by atoms with Crippen LogP contribution in [0.1, 0.15) is 26.7 Å². The van der Waals surface area contributed by atoms with E-state index in [1.54, 1.807) is 13.8 Å². The lowest BCUT2D eigenvalue weighted by Gasteiger charge is -2.21. The van der Waals surface area contributed by atoms with Crippen LogP contribution in [-0.4, -0.2) is 43.3 Å². The molecule has 3 N–H and O–H groups in total. The largest absolute Gasteiger partial charge is 0.481 e. The topological polar surface area (TPSA) is 105 Å². The van der Waals surface area contributed by atoms with Crippen LogP contribution in [0.15, 0.2) is 0 Å². The summed E-state index contributed by atoms with van der Waals surface area (Å²) in [7, 11) is 1.50. The molecule has 3 amide bonds. The highest BCUT2D eigenvalue weighted by molar-refractivity contribution is 5.94. The van der Waals surface area contributed by atoms with Crippen LogP contribution in [0.25, 0.3) is 0 Å². The van der Waals surface area contributed by atoms with E-state index in [-0.39, 0.29) is 12.8 Å². The first kappa shape index (κ1) is 16.4. The van der Waals surface area contributed by atoms with Gasteiger partial charge in [-0.15, -0.1) is 0 Å². The average Bonchev–Trinajstić information content (AvgIpc) is 2.13. The van der Waals surface area contributed by atoms with Gasteiger partial charge in [0.15, 0.2) is 0 Å². The van der Waals surface area contributed by atoms with Gasteiger partial charge in [-0.05, 0) is 5.41 Å². The van der Waals surface area contributed by atoms with E-state index in [1.165, 1.54) is 7.11 Å². The van der Waals surface area contributed by atoms with Crippen molar-refractivity contribution in [1.82, 2.24) is 10.6 Å². The number of methoxy groups -OCH3 is 1. The second-order valence-electron chi connectivity index (χ2n) is 4.71. The van der Waals surface area contributed by atoms with Crippen LogP contribution in [0.2, 0.25) is 0 Å². The number of carbonyl (C=O) groups excluding carboxylic acids is 2. The molecule has 0 aliphatic carbocycles. The molecule has 0 saturated carbocycles. The Bertz CT molecular complexity index is 315. The fourth-order valence-corrected chi connectivity index (χ4v) is 1.39. The number of ether oxygens (including phenoxy) is 1. The summed E-state index contributed by atoms with van der Waals surface area (Å²) in [6, 6.07) is -0.608. The van der Waals surface area contributed by atoms with Crippen molar-refractivity contribution in [2.75, 3.05) is 20.3 Å². The Labute approximate surface area is 106 Å². The maximum absolute atomic E-state index is 11.5. The Hall–Kier alpha value is -1.63. The lowest BCUT2D eigenvalue weighted by molar-refractivity contribution is -0.139. The number of carboxylic acids is 1. The number of carbonyl (C=O) groups is 3. The Kier molecular flexibility index (Phi) is 6.96. The van der Waals surface area contributed by atoms with Gasteiger partial charge in [0.1, 0.15) is 0 Å². The summed E-state index contributed by atoms with van der Waals surface area (Å²) in [6.45, 7) is 3.97. The molecule has 0 bridgehead atoms. The average molecular weight is 260 g/mol. The quantitative estimate of drug-likeness (QED) is 0.573. The van der Waals surface area contributed by atoms with E-state index in [0.29, 0.717) is 13.2 Å². The van der Waals surface area contributed by atoms with Crippen molar-refractivity contribution in [3.05, 3.63) is 0 Å². The van der Waals surface area contributed by atoms with Gasteiger partial charge >= 0.3 is 12.0 Å². The molecule has 0 aliphatic rings. The van der Waals surface area contributed by atoms with Gasteiger partial charge in [0.05, 0.1) is 13.0 Å². The first-order valence-electron chi connectivity index (χ1n) is 5.55. The molecule has 18 heavy (non-hydrogen) atoms. The van der Waals surface area contributed by atoms with Crippen LogP contribution in [-0.2, 0) is 14.3 Å². The molecule has 0 radical (unpaired) electrons. The number of carboxylic acid groups (broad SMARTS) is 1. The van der Waals surface area contributed by atoms with E-state index in [4.69, 9.17) is 9.84 Å². The number of hydrogen-bond donors (Lipinski definition) is 3. The highest BCUT2D eigenvalue weighted by Gasteiger charge is 2.25. The van der Waals surface area contributed by atoms with Crippen LogP contribution in [0, 0.1) is 5.41 Å². The van der Waals surface area contributed by atoms with Gasteiger partial charge < -0.3 is 15.2 Å². The fourth-order valence-electron chi connectivity index (χ4n) is 1.39. The third-order valence-electron chi connectivity index (χ3n) is 2.11. The summed E-state index contributed by atoms with van der Waals surface area (Å²) in [6.07, 6.45) is -0.164. The molecule has 104 valence electrons. The number of rotatable bonds is 7. The Morgan fingerprint density at radius 1 is 1.22 bits per heavy atom. The van der Waals surface area contributed by atoms with Crippen molar-refractivity contribution in [3.8, 4) is 0 Å². The van der Waals surface area contributed by atoms with Crippen molar-refractivity contribution < 1.29 is 24.2 Å². The summed E-state index contributed by atoms with van der Waals surface area (Å²) in [5.74, 6) is -1.48. The van der Waals surface area contributed by atoms with Crippen LogP contribution in [0.4, 0.5) is 4.79 Å². The lowest BCUT2D eigenvalue weighted by atomic mass is 9.85.